The Kier molecular flexibility index (Phi) is 13.2. The van der Waals surface area contributed by atoms with E-state index in [-0.39, 0.29) is 11.3 Å². The van der Waals surface area contributed by atoms with Crippen LogP contribution in [-0.4, -0.2) is 39.2 Å². The molecule has 4 aromatic rings. The van der Waals surface area contributed by atoms with Crippen LogP contribution in [0, 0.1) is 12.7 Å². The van der Waals surface area contributed by atoms with Gasteiger partial charge in [0.05, 0.1) is 17.7 Å². The molecule has 248 valence electrons. The van der Waals surface area contributed by atoms with E-state index in [0.29, 0.717) is 48.1 Å². The van der Waals surface area contributed by atoms with Gasteiger partial charge < -0.3 is 23.8 Å². The lowest BCUT2D eigenvalue weighted by atomic mass is 10.1. The lowest BCUT2D eigenvalue weighted by Crippen LogP contribution is -2.35. The Hall–Kier alpha value is -4.92. The Morgan fingerprint density at radius 2 is 1.38 bits per heavy atom. The molecule has 0 atom stereocenters. The SMILES string of the molecule is CCCCCCCCOc1ccc(C(=O)Oc2ccc(OC(=O)c3ccc(OCC[n+]4ccc(N(C)C)cc4)cc3)c(C)c2)c(F)c1. The van der Waals surface area contributed by atoms with Crippen LogP contribution in [0.25, 0.3) is 0 Å². The second kappa shape index (κ2) is 17.7. The first-order valence-corrected chi connectivity index (χ1v) is 16.1. The Labute approximate surface area is 276 Å². The molecule has 1 heterocycles. The van der Waals surface area contributed by atoms with Crippen LogP contribution >= 0.6 is 0 Å². The largest absolute Gasteiger partial charge is 0.493 e. The normalized spacial score (nSPS) is 10.7. The number of halogens is 1. The fraction of sp³-hybridized carbons (Fsp3) is 0.342. The van der Waals surface area contributed by atoms with Gasteiger partial charge in [-0.1, -0.05) is 39.0 Å². The van der Waals surface area contributed by atoms with E-state index in [1.165, 1.54) is 43.5 Å². The number of benzene rings is 3. The third-order valence-corrected chi connectivity index (χ3v) is 7.58. The summed E-state index contributed by atoms with van der Waals surface area (Å²) < 4.78 is 39.2. The van der Waals surface area contributed by atoms with E-state index in [2.05, 4.69) is 6.92 Å². The fourth-order valence-electron chi connectivity index (χ4n) is 4.80. The van der Waals surface area contributed by atoms with Crippen molar-refractivity contribution < 1.29 is 37.5 Å². The Balaban J connectivity index is 1.23. The highest BCUT2D eigenvalue weighted by molar-refractivity contribution is 5.92. The maximum Gasteiger partial charge on any atom is 0.346 e. The summed E-state index contributed by atoms with van der Waals surface area (Å²) in [5, 5.41) is 0. The number of unbranched alkanes of at least 4 members (excludes halogenated alkanes) is 5. The Bertz CT molecular complexity index is 1610. The van der Waals surface area contributed by atoms with Crippen molar-refractivity contribution in [2.75, 3.05) is 32.2 Å². The third-order valence-electron chi connectivity index (χ3n) is 7.58. The monoisotopic (exact) mass is 643 g/mol. The van der Waals surface area contributed by atoms with Crippen LogP contribution in [0.5, 0.6) is 23.0 Å². The predicted octanol–water partition coefficient (Wildman–Crippen LogP) is 7.74. The zero-order valence-electron chi connectivity index (χ0n) is 27.7. The topological polar surface area (TPSA) is 78.2 Å². The first-order chi connectivity index (χ1) is 22.7. The summed E-state index contributed by atoms with van der Waals surface area (Å²) in [4.78, 5) is 27.5. The number of pyridine rings is 1. The Morgan fingerprint density at radius 3 is 2.06 bits per heavy atom. The van der Waals surface area contributed by atoms with Crippen molar-refractivity contribution in [3.05, 3.63) is 108 Å². The summed E-state index contributed by atoms with van der Waals surface area (Å²) in [5.41, 5.74) is 1.85. The van der Waals surface area contributed by atoms with Gasteiger partial charge in [0.2, 0.25) is 0 Å². The molecule has 4 rings (SSSR count). The smallest absolute Gasteiger partial charge is 0.346 e. The number of esters is 2. The van der Waals surface area contributed by atoms with Crippen molar-refractivity contribution in [1.29, 1.82) is 0 Å². The molecule has 47 heavy (non-hydrogen) atoms. The molecule has 0 amide bonds. The molecule has 0 saturated carbocycles. The summed E-state index contributed by atoms with van der Waals surface area (Å²) in [7, 11) is 4.00. The number of hydrogen-bond acceptors (Lipinski definition) is 7. The summed E-state index contributed by atoms with van der Waals surface area (Å²) >= 11 is 0. The molecular formula is C38H44FN2O6+. The van der Waals surface area contributed by atoms with Gasteiger partial charge in [0, 0.05) is 38.0 Å². The highest BCUT2D eigenvalue weighted by atomic mass is 19.1. The van der Waals surface area contributed by atoms with E-state index in [4.69, 9.17) is 18.9 Å². The fourth-order valence-corrected chi connectivity index (χ4v) is 4.80. The molecule has 1 aromatic heterocycles. The lowest BCUT2D eigenvalue weighted by Gasteiger charge is -2.11. The number of hydrogen-bond donors (Lipinski definition) is 0. The molecular weight excluding hydrogens is 599 g/mol. The van der Waals surface area contributed by atoms with E-state index in [1.54, 1.807) is 43.3 Å². The van der Waals surface area contributed by atoms with Crippen molar-refractivity contribution in [3.8, 4) is 23.0 Å². The average molecular weight is 644 g/mol. The number of ether oxygens (including phenoxy) is 4. The quantitative estimate of drug-likeness (QED) is 0.0504. The maximum atomic E-state index is 14.7. The lowest BCUT2D eigenvalue weighted by molar-refractivity contribution is -0.697. The minimum absolute atomic E-state index is 0.198. The number of aromatic nitrogens is 1. The van der Waals surface area contributed by atoms with Gasteiger partial charge in [-0.05, 0) is 73.5 Å². The highest BCUT2D eigenvalue weighted by Crippen LogP contribution is 2.26. The van der Waals surface area contributed by atoms with Gasteiger partial charge in [0.25, 0.3) is 0 Å². The average Bonchev–Trinajstić information content (AvgIpc) is 3.06. The van der Waals surface area contributed by atoms with Crippen LogP contribution in [-0.2, 0) is 6.54 Å². The molecule has 0 aliphatic carbocycles. The maximum absolute atomic E-state index is 14.7. The molecule has 0 fully saturated rings. The molecule has 0 radical (unpaired) electrons. The zero-order chi connectivity index (χ0) is 33.6. The molecule has 0 unspecified atom stereocenters. The molecule has 0 aliphatic heterocycles. The molecule has 9 heteroatoms. The second-order valence-corrected chi connectivity index (χ2v) is 11.5. The van der Waals surface area contributed by atoms with Crippen molar-refractivity contribution in [1.82, 2.24) is 0 Å². The number of carbonyl (C=O) groups excluding carboxylic acids is 2. The van der Waals surface area contributed by atoms with E-state index in [9.17, 15) is 14.0 Å². The van der Waals surface area contributed by atoms with Crippen LogP contribution < -0.4 is 28.4 Å². The van der Waals surface area contributed by atoms with E-state index < -0.39 is 17.8 Å². The van der Waals surface area contributed by atoms with E-state index in [1.807, 2.05) is 48.1 Å². The second-order valence-electron chi connectivity index (χ2n) is 11.5. The molecule has 0 saturated heterocycles. The standard InChI is InChI=1S/C38H44FN2O6/c1-5-6-7-8-9-10-24-44-32-15-17-34(35(39)27-32)38(43)46-33-16-18-36(28(2)26-33)47-37(42)29-11-13-31(14-12-29)45-25-23-41-21-19-30(20-22-41)40(3)4/h11-22,26-27H,5-10,23-25H2,1-4H3/q+1. The summed E-state index contributed by atoms with van der Waals surface area (Å²) in [5.74, 6) is -0.574. The Morgan fingerprint density at radius 1 is 0.723 bits per heavy atom. The van der Waals surface area contributed by atoms with Crippen molar-refractivity contribution >= 4 is 17.6 Å². The summed E-state index contributed by atoms with van der Waals surface area (Å²) in [6.07, 6.45) is 10.8. The van der Waals surface area contributed by atoms with Crippen LogP contribution in [0.4, 0.5) is 10.1 Å². The van der Waals surface area contributed by atoms with Crippen LogP contribution in [0.3, 0.4) is 0 Å². The first kappa shape index (κ1) is 34.9. The van der Waals surface area contributed by atoms with E-state index in [0.717, 1.165) is 24.9 Å². The van der Waals surface area contributed by atoms with Crippen molar-refractivity contribution in [2.24, 2.45) is 0 Å². The number of carbonyl (C=O) groups is 2. The molecule has 0 aliphatic rings. The molecule has 0 bridgehead atoms. The van der Waals surface area contributed by atoms with Gasteiger partial charge in [-0.3, -0.25) is 0 Å². The van der Waals surface area contributed by atoms with Gasteiger partial charge in [0.15, 0.2) is 18.9 Å². The first-order valence-electron chi connectivity index (χ1n) is 16.1. The van der Waals surface area contributed by atoms with Crippen LogP contribution in [0.1, 0.15) is 71.7 Å². The minimum atomic E-state index is -0.836. The van der Waals surface area contributed by atoms with Crippen molar-refractivity contribution in [3.63, 3.8) is 0 Å². The number of rotatable bonds is 17. The van der Waals surface area contributed by atoms with Gasteiger partial charge in [0.1, 0.15) is 35.4 Å². The molecule has 0 spiro atoms. The highest BCUT2D eigenvalue weighted by Gasteiger charge is 2.17. The molecule has 0 N–H and O–H groups in total. The van der Waals surface area contributed by atoms with Gasteiger partial charge in [-0.15, -0.1) is 0 Å². The van der Waals surface area contributed by atoms with Gasteiger partial charge in [-0.2, -0.15) is 0 Å². The number of anilines is 1. The zero-order valence-corrected chi connectivity index (χ0v) is 27.7. The molecule has 3 aromatic carbocycles. The molecule has 8 nitrogen and oxygen atoms in total. The van der Waals surface area contributed by atoms with Gasteiger partial charge >= 0.3 is 11.9 Å². The predicted molar refractivity (Wildman–Crippen MR) is 179 cm³/mol. The summed E-state index contributed by atoms with van der Waals surface area (Å²) in [6.45, 7) is 5.55. The minimum Gasteiger partial charge on any atom is -0.493 e. The van der Waals surface area contributed by atoms with E-state index >= 15 is 0 Å². The summed E-state index contributed by atoms with van der Waals surface area (Å²) in [6, 6.07) is 19.5. The van der Waals surface area contributed by atoms with Crippen LogP contribution in [0.15, 0.2) is 85.2 Å². The van der Waals surface area contributed by atoms with Crippen molar-refractivity contribution in [2.45, 2.75) is 58.9 Å². The third kappa shape index (κ3) is 10.8. The van der Waals surface area contributed by atoms with Crippen LogP contribution in [0.2, 0.25) is 0 Å². The van der Waals surface area contributed by atoms with Gasteiger partial charge in [-0.25, -0.2) is 18.5 Å². The number of aryl methyl sites for hydroxylation is 1. The number of nitrogens with zero attached hydrogens (tertiary/aromatic N) is 2.